The molecule has 0 aliphatic carbocycles. The van der Waals surface area contributed by atoms with Gasteiger partial charge in [0.25, 0.3) is 0 Å². The molecule has 0 bridgehead atoms. The van der Waals surface area contributed by atoms with Crippen molar-refractivity contribution in [2.24, 2.45) is 5.73 Å². The van der Waals surface area contributed by atoms with Crippen molar-refractivity contribution in [3.63, 3.8) is 0 Å². The minimum Gasteiger partial charge on any atom is -0.478 e. The predicted octanol–water partition coefficient (Wildman–Crippen LogP) is 1.53. The van der Waals surface area contributed by atoms with Gasteiger partial charge in [0, 0.05) is 36.8 Å². The van der Waals surface area contributed by atoms with Crippen LogP contribution in [-0.2, 0) is 13.0 Å². The Labute approximate surface area is 117 Å². The Morgan fingerprint density at radius 1 is 1.40 bits per heavy atom. The van der Waals surface area contributed by atoms with Gasteiger partial charge in [-0.25, -0.2) is 4.79 Å². The van der Waals surface area contributed by atoms with Crippen molar-refractivity contribution >= 4 is 16.9 Å². The molecule has 0 spiro atoms. The Balaban J connectivity index is 2.59. The molecule has 0 amide bonds. The number of aryl methyl sites for hydroxylation is 2. The van der Waals surface area contributed by atoms with E-state index in [0.717, 1.165) is 28.5 Å². The largest absolute Gasteiger partial charge is 0.478 e. The molecule has 0 unspecified atom stereocenters. The first-order valence-electron chi connectivity index (χ1n) is 6.75. The van der Waals surface area contributed by atoms with Gasteiger partial charge >= 0.3 is 5.97 Å². The summed E-state index contributed by atoms with van der Waals surface area (Å²) in [4.78, 5) is 11.2. The van der Waals surface area contributed by atoms with Crippen LogP contribution in [0.4, 0.5) is 0 Å². The Morgan fingerprint density at radius 3 is 2.75 bits per heavy atom. The molecule has 0 saturated heterocycles. The fourth-order valence-electron chi connectivity index (χ4n) is 2.54. The van der Waals surface area contributed by atoms with Crippen LogP contribution >= 0.6 is 0 Å². The van der Waals surface area contributed by atoms with Crippen molar-refractivity contribution in [2.45, 2.75) is 26.3 Å². The minimum atomic E-state index is -0.915. The van der Waals surface area contributed by atoms with E-state index < -0.39 is 5.97 Å². The summed E-state index contributed by atoms with van der Waals surface area (Å²) in [7, 11) is 0. The number of hydrogen-bond donors (Lipinski definition) is 3. The molecule has 108 valence electrons. The monoisotopic (exact) mass is 276 g/mol. The Kier molecular flexibility index (Phi) is 4.42. The number of hydrogen-bond acceptors (Lipinski definition) is 3. The van der Waals surface area contributed by atoms with Crippen LogP contribution in [0.15, 0.2) is 18.3 Å². The lowest BCUT2D eigenvalue weighted by atomic mass is 10.0. The Hall–Kier alpha value is -1.85. The first kappa shape index (κ1) is 14.6. The second-order valence-corrected chi connectivity index (χ2v) is 4.95. The summed E-state index contributed by atoms with van der Waals surface area (Å²) >= 11 is 0. The average molecular weight is 276 g/mol. The number of fused-ring (bicyclic) bond motifs is 1. The lowest BCUT2D eigenvalue weighted by Gasteiger charge is -2.06. The van der Waals surface area contributed by atoms with Crippen molar-refractivity contribution in [2.75, 3.05) is 13.2 Å². The van der Waals surface area contributed by atoms with Crippen molar-refractivity contribution in [3.8, 4) is 0 Å². The van der Waals surface area contributed by atoms with E-state index in [4.69, 9.17) is 10.8 Å². The number of aliphatic hydroxyl groups excluding tert-OH is 1. The number of rotatable bonds is 6. The van der Waals surface area contributed by atoms with Crippen LogP contribution in [-0.4, -0.2) is 33.9 Å². The van der Waals surface area contributed by atoms with E-state index in [0.29, 0.717) is 25.1 Å². The number of carboxylic acids is 1. The van der Waals surface area contributed by atoms with E-state index in [2.05, 4.69) is 0 Å². The first-order valence-corrected chi connectivity index (χ1v) is 6.75. The second kappa shape index (κ2) is 6.07. The molecule has 5 heteroatoms. The highest BCUT2D eigenvalue weighted by Gasteiger charge is 2.14. The molecule has 2 rings (SSSR count). The van der Waals surface area contributed by atoms with Gasteiger partial charge in [-0.3, -0.25) is 0 Å². The van der Waals surface area contributed by atoms with Gasteiger partial charge in [0.1, 0.15) is 0 Å². The number of aliphatic hydroxyl groups is 1. The van der Waals surface area contributed by atoms with E-state index >= 15 is 0 Å². The maximum Gasteiger partial charge on any atom is 0.336 e. The summed E-state index contributed by atoms with van der Waals surface area (Å²) in [5.74, 6) is -0.915. The molecular formula is C15H20N2O3. The van der Waals surface area contributed by atoms with Gasteiger partial charge in [0.05, 0.1) is 5.56 Å². The fraction of sp³-hybridized carbons (Fsp3) is 0.400. The lowest BCUT2D eigenvalue weighted by molar-refractivity contribution is 0.0696. The van der Waals surface area contributed by atoms with E-state index in [-0.39, 0.29) is 6.61 Å². The Bertz CT molecular complexity index is 632. The highest BCUT2D eigenvalue weighted by Crippen LogP contribution is 2.26. The van der Waals surface area contributed by atoms with Gasteiger partial charge in [0.2, 0.25) is 0 Å². The standard InChI is InChI=1S/C15H20N2O3/c1-10-7-13-11(3-2-6-18)9-17(5-4-16)14(13)8-12(10)15(19)20/h7-9,18H,2-6,16H2,1H3,(H,19,20). The van der Waals surface area contributed by atoms with Crippen LogP contribution < -0.4 is 5.73 Å². The first-order chi connectivity index (χ1) is 9.58. The van der Waals surface area contributed by atoms with Crippen LogP contribution in [0.5, 0.6) is 0 Å². The fourth-order valence-corrected chi connectivity index (χ4v) is 2.54. The van der Waals surface area contributed by atoms with Crippen LogP contribution in [0, 0.1) is 6.92 Å². The van der Waals surface area contributed by atoms with Crippen LogP contribution in [0.3, 0.4) is 0 Å². The number of carboxylic acid groups (broad SMARTS) is 1. The number of aromatic carboxylic acids is 1. The molecule has 0 aliphatic heterocycles. The Morgan fingerprint density at radius 2 is 2.15 bits per heavy atom. The zero-order valence-electron chi connectivity index (χ0n) is 11.6. The summed E-state index contributed by atoms with van der Waals surface area (Å²) in [6, 6.07) is 3.63. The number of benzene rings is 1. The summed E-state index contributed by atoms with van der Waals surface area (Å²) < 4.78 is 1.99. The van der Waals surface area contributed by atoms with Crippen LogP contribution in [0.2, 0.25) is 0 Å². The normalized spacial score (nSPS) is 11.2. The van der Waals surface area contributed by atoms with E-state index in [1.54, 1.807) is 13.0 Å². The summed E-state index contributed by atoms with van der Waals surface area (Å²) in [5.41, 5.74) is 8.71. The van der Waals surface area contributed by atoms with E-state index in [1.165, 1.54) is 0 Å². The predicted molar refractivity (Wildman–Crippen MR) is 78.1 cm³/mol. The molecule has 0 fully saturated rings. The molecule has 0 saturated carbocycles. The van der Waals surface area contributed by atoms with Crippen molar-refractivity contribution < 1.29 is 15.0 Å². The quantitative estimate of drug-likeness (QED) is 0.746. The second-order valence-electron chi connectivity index (χ2n) is 4.95. The molecule has 0 atom stereocenters. The molecule has 5 nitrogen and oxygen atoms in total. The van der Waals surface area contributed by atoms with Gasteiger partial charge in [0.15, 0.2) is 0 Å². The van der Waals surface area contributed by atoms with Gasteiger partial charge < -0.3 is 20.5 Å². The molecule has 0 aliphatic rings. The molecule has 0 radical (unpaired) electrons. The lowest BCUT2D eigenvalue weighted by Crippen LogP contribution is -2.09. The maximum absolute atomic E-state index is 11.2. The topological polar surface area (TPSA) is 88.5 Å². The zero-order chi connectivity index (χ0) is 14.7. The van der Waals surface area contributed by atoms with Gasteiger partial charge in [-0.05, 0) is 43.0 Å². The molecule has 4 N–H and O–H groups in total. The van der Waals surface area contributed by atoms with Crippen molar-refractivity contribution in [3.05, 3.63) is 35.0 Å². The molecule has 2 aromatic rings. The van der Waals surface area contributed by atoms with Gasteiger partial charge in [-0.1, -0.05) is 0 Å². The van der Waals surface area contributed by atoms with Crippen molar-refractivity contribution in [1.82, 2.24) is 4.57 Å². The summed E-state index contributed by atoms with van der Waals surface area (Å²) in [5, 5.41) is 19.3. The number of aromatic nitrogens is 1. The van der Waals surface area contributed by atoms with E-state index in [1.807, 2.05) is 16.8 Å². The van der Waals surface area contributed by atoms with E-state index in [9.17, 15) is 9.90 Å². The molecule has 20 heavy (non-hydrogen) atoms. The SMILES string of the molecule is Cc1cc2c(CCCO)cn(CCN)c2cc1C(=O)O. The maximum atomic E-state index is 11.2. The third-order valence-corrected chi connectivity index (χ3v) is 3.51. The molecule has 1 heterocycles. The molecule has 1 aromatic heterocycles. The summed E-state index contributed by atoms with van der Waals surface area (Å²) in [6.45, 7) is 3.10. The third kappa shape index (κ3) is 2.69. The number of carbonyl (C=O) groups is 1. The average Bonchev–Trinajstić information content (AvgIpc) is 2.73. The zero-order valence-corrected chi connectivity index (χ0v) is 11.6. The minimum absolute atomic E-state index is 0.149. The summed E-state index contributed by atoms with van der Waals surface area (Å²) in [6.07, 6.45) is 3.48. The third-order valence-electron chi connectivity index (χ3n) is 3.51. The van der Waals surface area contributed by atoms with Gasteiger partial charge in [-0.2, -0.15) is 0 Å². The molecule has 1 aromatic carbocycles. The highest BCUT2D eigenvalue weighted by atomic mass is 16.4. The molecular weight excluding hydrogens is 256 g/mol. The highest BCUT2D eigenvalue weighted by molar-refractivity contribution is 5.96. The van der Waals surface area contributed by atoms with Crippen LogP contribution in [0.1, 0.15) is 27.9 Å². The number of nitrogens with two attached hydrogens (primary N) is 1. The number of nitrogens with zero attached hydrogens (tertiary/aromatic N) is 1. The van der Waals surface area contributed by atoms with Gasteiger partial charge in [-0.15, -0.1) is 0 Å². The van der Waals surface area contributed by atoms with Crippen molar-refractivity contribution in [1.29, 1.82) is 0 Å². The van der Waals surface area contributed by atoms with Crippen LogP contribution in [0.25, 0.3) is 10.9 Å². The smallest absolute Gasteiger partial charge is 0.336 e.